The molecule has 0 saturated heterocycles. The van der Waals surface area contributed by atoms with Gasteiger partial charge in [-0.1, -0.05) is 6.07 Å². The van der Waals surface area contributed by atoms with Crippen LogP contribution in [-0.4, -0.2) is 46.8 Å². The van der Waals surface area contributed by atoms with E-state index < -0.39 is 0 Å². The predicted octanol–water partition coefficient (Wildman–Crippen LogP) is 3.18. The molecule has 27 heavy (non-hydrogen) atoms. The van der Waals surface area contributed by atoms with Crippen LogP contribution in [0, 0.1) is 0 Å². The quantitative estimate of drug-likeness (QED) is 0.707. The van der Waals surface area contributed by atoms with Crippen molar-refractivity contribution in [2.45, 2.75) is 19.4 Å². The van der Waals surface area contributed by atoms with Gasteiger partial charge in [0.2, 0.25) is 5.95 Å². The Morgan fingerprint density at radius 2 is 1.78 bits per heavy atom. The minimum atomic E-state index is 0.0770. The van der Waals surface area contributed by atoms with E-state index in [1.54, 1.807) is 6.20 Å². The first-order valence-corrected chi connectivity index (χ1v) is 9.05. The van der Waals surface area contributed by atoms with Gasteiger partial charge in [0, 0.05) is 45.3 Å². The summed E-state index contributed by atoms with van der Waals surface area (Å²) in [7, 11) is 3.84. The van der Waals surface area contributed by atoms with Crippen molar-refractivity contribution in [3.05, 3.63) is 48.5 Å². The fourth-order valence-electron chi connectivity index (χ4n) is 3.12. The van der Waals surface area contributed by atoms with E-state index in [0.29, 0.717) is 19.2 Å². The Bertz CT molecular complexity index is 920. The monoisotopic (exact) mass is 365 g/mol. The van der Waals surface area contributed by atoms with Crippen LogP contribution in [0.4, 0.5) is 5.95 Å². The summed E-state index contributed by atoms with van der Waals surface area (Å²) in [4.78, 5) is 15.2. The number of fused-ring (bicyclic) bond motifs is 1. The number of nitrogens with zero attached hydrogens (tertiary/aromatic N) is 5. The average Bonchev–Trinajstić information content (AvgIpc) is 3.06. The minimum absolute atomic E-state index is 0.0770. The molecule has 1 atom stereocenters. The van der Waals surface area contributed by atoms with Crippen LogP contribution in [0.3, 0.4) is 0 Å². The Morgan fingerprint density at radius 1 is 1.04 bits per heavy atom. The molecule has 2 aromatic heterocycles. The van der Waals surface area contributed by atoms with Gasteiger partial charge in [0.15, 0.2) is 11.5 Å². The molecule has 0 unspecified atom stereocenters. The Balaban J connectivity index is 1.65. The molecular weight excluding hydrogens is 342 g/mol. The highest BCUT2D eigenvalue weighted by Crippen LogP contribution is 2.34. The Kier molecular flexibility index (Phi) is 4.66. The molecule has 0 saturated carbocycles. The second-order valence-corrected chi connectivity index (χ2v) is 6.76. The summed E-state index contributed by atoms with van der Waals surface area (Å²) in [6.45, 7) is 3.51. The Labute approximate surface area is 158 Å². The maximum absolute atomic E-state index is 5.83. The van der Waals surface area contributed by atoms with Crippen molar-refractivity contribution in [2.24, 2.45) is 0 Å². The van der Waals surface area contributed by atoms with Crippen LogP contribution in [0.25, 0.3) is 11.4 Å². The third-order valence-corrected chi connectivity index (χ3v) is 4.64. The fourth-order valence-corrected chi connectivity index (χ4v) is 3.12. The molecule has 1 aliphatic rings. The summed E-state index contributed by atoms with van der Waals surface area (Å²) >= 11 is 0. The second-order valence-electron chi connectivity index (χ2n) is 6.76. The summed E-state index contributed by atoms with van der Waals surface area (Å²) in [5.74, 6) is 3.12. The van der Waals surface area contributed by atoms with Gasteiger partial charge in [-0.15, -0.1) is 0 Å². The normalized spacial score (nSPS) is 14.5. The minimum Gasteiger partial charge on any atom is -0.490 e. The zero-order valence-corrected chi connectivity index (χ0v) is 15.8. The van der Waals surface area contributed by atoms with Crippen LogP contribution in [0.5, 0.6) is 11.5 Å². The highest BCUT2D eigenvalue weighted by Gasteiger charge is 2.18. The highest BCUT2D eigenvalue weighted by atomic mass is 16.5. The van der Waals surface area contributed by atoms with Gasteiger partial charge in [-0.2, -0.15) is 0 Å². The third kappa shape index (κ3) is 3.45. The number of aromatic nitrogens is 4. The van der Waals surface area contributed by atoms with Gasteiger partial charge in [-0.3, -0.25) is 0 Å². The number of hydrogen-bond acceptors (Lipinski definition) is 6. The van der Waals surface area contributed by atoms with E-state index in [1.807, 2.05) is 43.7 Å². The lowest BCUT2D eigenvalue weighted by atomic mass is 10.1. The average molecular weight is 365 g/mol. The molecule has 1 aromatic carbocycles. The van der Waals surface area contributed by atoms with Crippen LogP contribution in [0.15, 0.2) is 43.0 Å². The zero-order chi connectivity index (χ0) is 18.8. The Hall–Kier alpha value is -3.09. The molecule has 0 spiro atoms. The topological polar surface area (TPSA) is 65.3 Å². The first-order valence-electron chi connectivity index (χ1n) is 9.05. The largest absolute Gasteiger partial charge is 0.490 e. The summed E-state index contributed by atoms with van der Waals surface area (Å²) in [5, 5.41) is 0. The third-order valence-electron chi connectivity index (χ3n) is 4.64. The van der Waals surface area contributed by atoms with Gasteiger partial charge >= 0.3 is 0 Å². The van der Waals surface area contributed by atoms with Crippen LogP contribution >= 0.6 is 0 Å². The molecule has 0 fully saturated rings. The van der Waals surface area contributed by atoms with Gasteiger partial charge < -0.3 is 18.9 Å². The van der Waals surface area contributed by atoms with Crippen molar-refractivity contribution in [1.82, 2.24) is 19.5 Å². The first kappa shape index (κ1) is 17.3. The van der Waals surface area contributed by atoms with Crippen molar-refractivity contribution in [3.63, 3.8) is 0 Å². The number of ether oxygens (including phenoxy) is 2. The number of benzene rings is 1. The van der Waals surface area contributed by atoms with Gasteiger partial charge in [-0.05, 0) is 24.6 Å². The lowest BCUT2D eigenvalue weighted by molar-refractivity contribution is 0.297. The second kappa shape index (κ2) is 7.26. The number of hydrogen-bond donors (Lipinski definition) is 0. The van der Waals surface area contributed by atoms with Crippen LogP contribution in [-0.2, 0) is 0 Å². The van der Waals surface area contributed by atoms with E-state index in [2.05, 4.69) is 38.6 Å². The molecule has 1 aliphatic heterocycles. The molecule has 0 radical (unpaired) electrons. The summed E-state index contributed by atoms with van der Waals surface area (Å²) in [6, 6.07) is 6.19. The van der Waals surface area contributed by atoms with E-state index in [-0.39, 0.29) is 6.04 Å². The van der Waals surface area contributed by atoms with Crippen molar-refractivity contribution in [3.8, 4) is 22.9 Å². The van der Waals surface area contributed by atoms with E-state index >= 15 is 0 Å². The van der Waals surface area contributed by atoms with Crippen LogP contribution in [0.1, 0.15) is 24.9 Å². The lowest BCUT2D eigenvalue weighted by Gasteiger charge is -2.18. The molecule has 7 heteroatoms. The standard InChI is InChI=1S/C20H23N5O2/c1-14(15-5-6-17-18(11-15)27-10-4-9-26-17)25-8-7-21-19(25)16-12-22-20(23-13-16)24(2)3/h5-8,11-14H,4,9-10H2,1-3H3/t14-/m0/s1. The molecule has 3 heterocycles. The van der Waals surface area contributed by atoms with Gasteiger partial charge in [-0.25, -0.2) is 15.0 Å². The maximum Gasteiger partial charge on any atom is 0.224 e. The number of anilines is 1. The molecule has 7 nitrogen and oxygen atoms in total. The molecule has 0 bridgehead atoms. The first-order chi connectivity index (χ1) is 13.1. The van der Waals surface area contributed by atoms with E-state index in [9.17, 15) is 0 Å². The van der Waals surface area contributed by atoms with Crippen LogP contribution < -0.4 is 14.4 Å². The zero-order valence-electron chi connectivity index (χ0n) is 15.8. The SMILES string of the molecule is C[C@@H](c1ccc2c(c1)OCCCO2)n1ccnc1-c1cnc(N(C)C)nc1. The molecule has 140 valence electrons. The van der Waals surface area contributed by atoms with Crippen molar-refractivity contribution in [1.29, 1.82) is 0 Å². The van der Waals surface area contributed by atoms with Gasteiger partial charge in [0.25, 0.3) is 0 Å². The number of imidazole rings is 1. The highest BCUT2D eigenvalue weighted by molar-refractivity contribution is 5.55. The summed E-state index contributed by atoms with van der Waals surface area (Å²) in [6.07, 6.45) is 8.29. The molecular formula is C20H23N5O2. The molecule has 0 aliphatic carbocycles. The molecule has 4 rings (SSSR count). The van der Waals surface area contributed by atoms with Crippen molar-refractivity contribution in [2.75, 3.05) is 32.2 Å². The van der Waals surface area contributed by atoms with Crippen molar-refractivity contribution >= 4 is 5.95 Å². The fraction of sp³-hybridized carbons (Fsp3) is 0.350. The van der Waals surface area contributed by atoms with Gasteiger partial charge in [0.05, 0.1) is 24.8 Å². The van der Waals surface area contributed by atoms with Gasteiger partial charge in [0.1, 0.15) is 5.82 Å². The van der Waals surface area contributed by atoms with Crippen molar-refractivity contribution < 1.29 is 9.47 Å². The number of rotatable bonds is 4. The summed E-state index contributed by atoms with van der Waals surface area (Å²) in [5.41, 5.74) is 2.01. The Morgan fingerprint density at radius 3 is 2.52 bits per heavy atom. The maximum atomic E-state index is 5.83. The summed E-state index contributed by atoms with van der Waals surface area (Å²) < 4.78 is 13.7. The predicted molar refractivity (Wildman–Crippen MR) is 103 cm³/mol. The molecule has 0 N–H and O–H groups in total. The molecule has 3 aromatic rings. The van der Waals surface area contributed by atoms with Crippen LogP contribution in [0.2, 0.25) is 0 Å². The van der Waals surface area contributed by atoms with E-state index in [0.717, 1.165) is 34.9 Å². The smallest absolute Gasteiger partial charge is 0.224 e. The molecule has 0 amide bonds. The van der Waals surface area contributed by atoms with E-state index in [1.165, 1.54) is 0 Å². The van der Waals surface area contributed by atoms with E-state index in [4.69, 9.17) is 9.47 Å². The lowest BCUT2D eigenvalue weighted by Crippen LogP contribution is -2.13.